The van der Waals surface area contributed by atoms with Crippen LogP contribution < -0.4 is 15.4 Å². The summed E-state index contributed by atoms with van der Waals surface area (Å²) < 4.78 is 34.0. The van der Waals surface area contributed by atoms with Crippen molar-refractivity contribution in [2.45, 2.75) is 6.61 Å². The largest absolute Gasteiger partial charge is 0.483 e. The average molecular weight is 363 g/mol. The number of ether oxygens (including phenoxy) is 1. The normalized spacial score (nSPS) is 10.9. The summed E-state index contributed by atoms with van der Waals surface area (Å²) in [4.78, 5) is 17.6. The molecule has 3 aromatic rings. The van der Waals surface area contributed by atoms with E-state index in [2.05, 4.69) is 4.98 Å². The number of halogens is 2. The molecule has 0 saturated carbocycles. The number of nitrogens with zero attached hydrogens (tertiary/aromatic N) is 2. The Balaban J connectivity index is 1.83. The second-order valence-electron chi connectivity index (χ2n) is 5.54. The third kappa shape index (κ3) is 3.39. The summed E-state index contributed by atoms with van der Waals surface area (Å²) >= 11 is 1.41. The SMILES string of the molecule is CN(C)c1ccc2sc(COc3ccc(F)c(C(N)=O)c3F)nc2c1. The smallest absolute Gasteiger partial charge is 0.254 e. The number of nitrogens with two attached hydrogens (primary N) is 1. The number of fused-ring (bicyclic) bond motifs is 1. The predicted molar refractivity (Wildman–Crippen MR) is 93.2 cm³/mol. The second-order valence-corrected chi connectivity index (χ2v) is 6.66. The van der Waals surface area contributed by atoms with Gasteiger partial charge in [0.15, 0.2) is 11.6 Å². The van der Waals surface area contributed by atoms with Crippen molar-refractivity contribution in [3.8, 4) is 5.75 Å². The molecule has 0 fully saturated rings. The number of aromatic nitrogens is 1. The van der Waals surface area contributed by atoms with Crippen molar-refractivity contribution in [1.29, 1.82) is 0 Å². The monoisotopic (exact) mass is 363 g/mol. The molecule has 5 nitrogen and oxygen atoms in total. The maximum absolute atomic E-state index is 14.1. The molecule has 0 saturated heterocycles. The van der Waals surface area contributed by atoms with Crippen LogP contribution in [0, 0.1) is 11.6 Å². The van der Waals surface area contributed by atoms with Crippen molar-refractivity contribution < 1.29 is 18.3 Å². The molecule has 3 rings (SSSR count). The van der Waals surface area contributed by atoms with Gasteiger partial charge in [-0.2, -0.15) is 0 Å². The fourth-order valence-electron chi connectivity index (χ4n) is 2.31. The lowest BCUT2D eigenvalue weighted by Gasteiger charge is -2.11. The van der Waals surface area contributed by atoms with Gasteiger partial charge in [0.2, 0.25) is 0 Å². The zero-order valence-corrected chi connectivity index (χ0v) is 14.4. The number of primary amides is 1. The zero-order chi connectivity index (χ0) is 18.1. The number of hydrogen-bond acceptors (Lipinski definition) is 5. The molecule has 1 aromatic heterocycles. The van der Waals surface area contributed by atoms with Gasteiger partial charge in [-0.05, 0) is 30.3 Å². The van der Waals surface area contributed by atoms with E-state index in [0.717, 1.165) is 28.0 Å². The first-order valence-corrected chi connectivity index (χ1v) is 8.16. The lowest BCUT2D eigenvalue weighted by molar-refractivity contribution is 0.0991. The molecule has 0 radical (unpaired) electrons. The molecular formula is C17H15F2N3O2S. The Morgan fingerprint density at radius 3 is 2.72 bits per heavy atom. The molecule has 1 amide bonds. The fraction of sp³-hybridized carbons (Fsp3) is 0.176. The Hall–Kier alpha value is -2.74. The molecule has 0 aliphatic carbocycles. The summed E-state index contributed by atoms with van der Waals surface area (Å²) in [5.41, 5.74) is 6.01. The first kappa shape index (κ1) is 17.1. The third-order valence-electron chi connectivity index (χ3n) is 3.59. The number of benzene rings is 2. The van der Waals surface area contributed by atoms with Crippen molar-refractivity contribution in [2.75, 3.05) is 19.0 Å². The Morgan fingerprint density at radius 1 is 1.28 bits per heavy atom. The lowest BCUT2D eigenvalue weighted by atomic mass is 10.2. The molecule has 2 N–H and O–H groups in total. The molecule has 0 bridgehead atoms. The maximum Gasteiger partial charge on any atom is 0.254 e. The van der Waals surface area contributed by atoms with Gasteiger partial charge in [-0.15, -0.1) is 11.3 Å². The Bertz CT molecular complexity index is 956. The maximum atomic E-state index is 14.1. The Morgan fingerprint density at radius 2 is 2.04 bits per heavy atom. The van der Waals surface area contributed by atoms with E-state index in [1.54, 1.807) is 0 Å². The van der Waals surface area contributed by atoms with Crippen LogP contribution in [-0.2, 0) is 6.61 Å². The van der Waals surface area contributed by atoms with Gasteiger partial charge >= 0.3 is 0 Å². The minimum absolute atomic E-state index is 0.00258. The molecule has 2 aromatic carbocycles. The number of thiazole rings is 1. The van der Waals surface area contributed by atoms with Crippen LogP contribution >= 0.6 is 11.3 Å². The van der Waals surface area contributed by atoms with Crippen molar-refractivity contribution in [1.82, 2.24) is 4.98 Å². The number of carbonyl (C=O) groups excluding carboxylic acids is 1. The van der Waals surface area contributed by atoms with Gasteiger partial charge in [-0.1, -0.05) is 0 Å². The highest BCUT2D eigenvalue weighted by Gasteiger charge is 2.19. The van der Waals surface area contributed by atoms with Crippen LogP contribution in [0.4, 0.5) is 14.5 Å². The fourth-order valence-corrected chi connectivity index (χ4v) is 3.17. The predicted octanol–water partition coefficient (Wildman–Crippen LogP) is 3.32. The topological polar surface area (TPSA) is 68.5 Å². The highest BCUT2D eigenvalue weighted by Crippen LogP contribution is 2.28. The van der Waals surface area contributed by atoms with E-state index in [-0.39, 0.29) is 12.4 Å². The van der Waals surface area contributed by atoms with Crippen LogP contribution in [-0.4, -0.2) is 25.0 Å². The summed E-state index contributed by atoms with van der Waals surface area (Å²) in [6.45, 7) is -0.00258. The van der Waals surface area contributed by atoms with Gasteiger partial charge in [0.1, 0.15) is 23.0 Å². The van der Waals surface area contributed by atoms with E-state index in [4.69, 9.17) is 10.5 Å². The van der Waals surface area contributed by atoms with Gasteiger partial charge in [-0.25, -0.2) is 13.8 Å². The molecule has 0 aliphatic heterocycles. The minimum atomic E-state index is -1.18. The van der Waals surface area contributed by atoms with Crippen molar-refractivity contribution in [2.24, 2.45) is 5.73 Å². The van der Waals surface area contributed by atoms with E-state index in [0.29, 0.717) is 5.01 Å². The first-order chi connectivity index (χ1) is 11.9. The minimum Gasteiger partial charge on any atom is -0.483 e. The molecule has 130 valence electrons. The van der Waals surface area contributed by atoms with Crippen LogP contribution in [0.25, 0.3) is 10.2 Å². The van der Waals surface area contributed by atoms with Gasteiger partial charge < -0.3 is 15.4 Å². The van der Waals surface area contributed by atoms with E-state index in [9.17, 15) is 13.6 Å². The molecule has 0 spiro atoms. The molecule has 0 unspecified atom stereocenters. The van der Waals surface area contributed by atoms with Crippen LogP contribution in [0.3, 0.4) is 0 Å². The first-order valence-electron chi connectivity index (χ1n) is 7.34. The third-order valence-corrected chi connectivity index (χ3v) is 4.59. The molecule has 0 aliphatic rings. The molecule has 25 heavy (non-hydrogen) atoms. The number of anilines is 1. The summed E-state index contributed by atoms with van der Waals surface area (Å²) in [5, 5.41) is 0.634. The van der Waals surface area contributed by atoms with E-state index >= 15 is 0 Å². The highest BCUT2D eigenvalue weighted by molar-refractivity contribution is 7.18. The van der Waals surface area contributed by atoms with Crippen LogP contribution in [0.1, 0.15) is 15.4 Å². The summed E-state index contributed by atoms with van der Waals surface area (Å²) in [7, 11) is 3.87. The van der Waals surface area contributed by atoms with Gasteiger partial charge in [0.25, 0.3) is 5.91 Å². The lowest BCUT2D eigenvalue weighted by Crippen LogP contribution is -2.16. The van der Waals surface area contributed by atoms with E-state index in [1.807, 2.05) is 37.2 Å². The molecule has 1 heterocycles. The summed E-state index contributed by atoms with van der Waals surface area (Å²) in [6, 6.07) is 7.94. The summed E-state index contributed by atoms with van der Waals surface area (Å²) in [5.74, 6) is -3.56. The molecule has 0 atom stereocenters. The standard InChI is InChI=1S/C17H15F2N3O2S/c1-22(2)9-3-6-13-11(7-9)21-14(25-13)8-24-12-5-4-10(18)15(16(12)19)17(20)23/h3-7H,8H2,1-2H3,(H2,20,23). The highest BCUT2D eigenvalue weighted by atomic mass is 32.1. The second kappa shape index (κ2) is 6.64. The van der Waals surface area contributed by atoms with Crippen molar-refractivity contribution in [3.05, 3.63) is 52.5 Å². The number of carbonyl (C=O) groups is 1. The Labute approximate surface area is 146 Å². The van der Waals surface area contributed by atoms with Crippen molar-refractivity contribution in [3.63, 3.8) is 0 Å². The molecule has 8 heteroatoms. The van der Waals surface area contributed by atoms with Crippen molar-refractivity contribution >= 4 is 33.1 Å². The number of hydrogen-bond donors (Lipinski definition) is 1. The van der Waals surface area contributed by atoms with Crippen LogP contribution in [0.2, 0.25) is 0 Å². The van der Waals surface area contributed by atoms with E-state index < -0.39 is 23.1 Å². The Kier molecular flexibility index (Phi) is 4.54. The average Bonchev–Trinajstić information content (AvgIpc) is 2.95. The van der Waals surface area contributed by atoms with Gasteiger partial charge in [0.05, 0.1) is 10.2 Å². The number of rotatable bonds is 5. The van der Waals surface area contributed by atoms with Crippen LogP contribution in [0.5, 0.6) is 5.75 Å². The quantitative estimate of drug-likeness (QED) is 0.755. The van der Waals surface area contributed by atoms with E-state index in [1.165, 1.54) is 11.3 Å². The van der Waals surface area contributed by atoms with Gasteiger partial charge in [0, 0.05) is 19.8 Å². The molecular weight excluding hydrogens is 348 g/mol. The number of amides is 1. The van der Waals surface area contributed by atoms with Gasteiger partial charge in [-0.3, -0.25) is 4.79 Å². The summed E-state index contributed by atoms with van der Waals surface area (Å²) in [6.07, 6.45) is 0. The van der Waals surface area contributed by atoms with Crippen LogP contribution in [0.15, 0.2) is 30.3 Å². The zero-order valence-electron chi connectivity index (χ0n) is 13.5.